The van der Waals surface area contributed by atoms with Crippen LogP contribution in [-0.2, 0) is 16.2 Å². The first-order valence-electron chi connectivity index (χ1n) is 6.45. The molecule has 0 fully saturated rings. The molecule has 22 heavy (non-hydrogen) atoms. The zero-order valence-electron chi connectivity index (χ0n) is 11.6. The highest BCUT2D eigenvalue weighted by atomic mass is 32.2. The highest BCUT2D eigenvalue weighted by Gasteiger charge is 2.31. The Balaban J connectivity index is 2.25. The Morgan fingerprint density at radius 3 is 2.23 bits per heavy atom. The van der Waals surface area contributed by atoms with Gasteiger partial charge in [-0.1, -0.05) is 30.3 Å². The molecule has 1 atom stereocenters. The van der Waals surface area contributed by atoms with E-state index < -0.39 is 27.8 Å². The van der Waals surface area contributed by atoms with Gasteiger partial charge >= 0.3 is 6.18 Å². The maximum atomic E-state index is 12.7. The average Bonchev–Trinajstić information content (AvgIpc) is 2.47. The number of benzene rings is 2. The summed E-state index contributed by atoms with van der Waals surface area (Å²) in [6.07, 6.45) is -4.46. The molecule has 0 amide bonds. The lowest BCUT2D eigenvalue weighted by atomic mass is 10.1. The molecule has 0 aromatic heterocycles. The zero-order valence-corrected chi connectivity index (χ0v) is 12.4. The maximum Gasteiger partial charge on any atom is 0.416 e. The van der Waals surface area contributed by atoms with Gasteiger partial charge in [0.05, 0.1) is 10.5 Å². The van der Waals surface area contributed by atoms with Crippen LogP contribution in [0.3, 0.4) is 0 Å². The predicted molar refractivity (Wildman–Crippen MR) is 76.6 cm³/mol. The first-order valence-corrected chi connectivity index (χ1v) is 7.93. The summed E-state index contributed by atoms with van der Waals surface area (Å²) in [6, 6.07) is 11.5. The predicted octanol–water partition coefficient (Wildman–Crippen LogP) is 3.74. The lowest BCUT2D eigenvalue weighted by molar-refractivity contribution is -0.137. The van der Waals surface area contributed by atoms with Crippen LogP contribution in [0.25, 0.3) is 0 Å². The summed E-state index contributed by atoms with van der Waals surface area (Å²) in [7, 11) is -3.79. The van der Waals surface area contributed by atoms with Gasteiger partial charge in [-0.05, 0) is 36.8 Å². The lowest BCUT2D eigenvalue weighted by Crippen LogP contribution is -2.27. The van der Waals surface area contributed by atoms with Crippen molar-refractivity contribution >= 4 is 10.0 Å². The first-order chi connectivity index (χ1) is 10.2. The van der Waals surface area contributed by atoms with Crippen LogP contribution in [-0.4, -0.2) is 8.42 Å². The first kappa shape index (κ1) is 16.5. The molecule has 1 unspecified atom stereocenters. The second-order valence-electron chi connectivity index (χ2n) is 4.78. The smallest absolute Gasteiger partial charge is 0.207 e. The molecule has 0 bridgehead atoms. The molecule has 0 radical (unpaired) electrons. The normalized spacial score (nSPS) is 13.8. The monoisotopic (exact) mass is 329 g/mol. The van der Waals surface area contributed by atoms with Crippen LogP contribution in [0.1, 0.15) is 24.1 Å². The molecule has 2 aromatic rings. The van der Waals surface area contributed by atoms with Crippen LogP contribution < -0.4 is 4.72 Å². The number of halogens is 3. The fourth-order valence-electron chi connectivity index (χ4n) is 1.95. The fourth-order valence-corrected chi connectivity index (χ4v) is 3.21. The standard InChI is InChI=1S/C15H14F3NO2S/c1-11(12-6-5-7-13(10-12)15(16,17)18)19-22(20,21)14-8-3-2-4-9-14/h2-11,19H,1H3. The van der Waals surface area contributed by atoms with Crippen LogP contribution in [0.5, 0.6) is 0 Å². The Kier molecular flexibility index (Phi) is 4.58. The Morgan fingerprint density at radius 2 is 1.64 bits per heavy atom. The minimum Gasteiger partial charge on any atom is -0.207 e. The van der Waals surface area contributed by atoms with Crippen molar-refractivity contribution in [3.63, 3.8) is 0 Å². The van der Waals surface area contributed by atoms with E-state index in [1.165, 1.54) is 31.2 Å². The minimum absolute atomic E-state index is 0.0637. The van der Waals surface area contributed by atoms with Gasteiger partial charge in [0.25, 0.3) is 0 Å². The molecular weight excluding hydrogens is 315 g/mol. The summed E-state index contributed by atoms with van der Waals surface area (Å²) in [4.78, 5) is 0.0637. The Morgan fingerprint density at radius 1 is 1.00 bits per heavy atom. The Labute approximate surface area is 126 Å². The van der Waals surface area contributed by atoms with Crippen LogP contribution in [0, 0.1) is 0 Å². The van der Waals surface area contributed by atoms with E-state index in [-0.39, 0.29) is 10.5 Å². The molecule has 3 nitrogen and oxygen atoms in total. The van der Waals surface area contributed by atoms with Crippen LogP contribution in [0.15, 0.2) is 59.5 Å². The molecule has 118 valence electrons. The van der Waals surface area contributed by atoms with Crippen molar-refractivity contribution in [2.75, 3.05) is 0 Å². The molecule has 2 aromatic carbocycles. The van der Waals surface area contributed by atoms with Gasteiger partial charge in [0.1, 0.15) is 0 Å². The minimum atomic E-state index is -4.46. The van der Waals surface area contributed by atoms with E-state index in [1.807, 2.05) is 0 Å². The second kappa shape index (κ2) is 6.10. The van der Waals surface area contributed by atoms with E-state index in [4.69, 9.17) is 0 Å². The Bertz CT molecular complexity index is 743. The number of hydrogen-bond acceptors (Lipinski definition) is 2. The molecule has 7 heteroatoms. The van der Waals surface area contributed by atoms with E-state index in [0.29, 0.717) is 0 Å². The van der Waals surface area contributed by atoms with Gasteiger partial charge in [-0.15, -0.1) is 0 Å². The van der Waals surface area contributed by atoms with Crippen molar-refractivity contribution in [1.29, 1.82) is 0 Å². The average molecular weight is 329 g/mol. The fraction of sp³-hybridized carbons (Fsp3) is 0.200. The van der Waals surface area contributed by atoms with Crippen LogP contribution in [0.2, 0.25) is 0 Å². The van der Waals surface area contributed by atoms with Gasteiger partial charge in [0.2, 0.25) is 10.0 Å². The van der Waals surface area contributed by atoms with E-state index in [1.54, 1.807) is 18.2 Å². The van der Waals surface area contributed by atoms with Gasteiger partial charge < -0.3 is 0 Å². The van der Waals surface area contributed by atoms with E-state index in [2.05, 4.69) is 4.72 Å². The summed E-state index contributed by atoms with van der Waals surface area (Å²) in [5.74, 6) is 0. The summed E-state index contributed by atoms with van der Waals surface area (Å²) < 4.78 is 64.8. The number of sulfonamides is 1. The van der Waals surface area contributed by atoms with Gasteiger partial charge in [-0.3, -0.25) is 0 Å². The molecule has 0 aliphatic rings. The summed E-state index contributed by atoms with van der Waals surface area (Å²) in [5, 5.41) is 0. The highest BCUT2D eigenvalue weighted by molar-refractivity contribution is 7.89. The quantitative estimate of drug-likeness (QED) is 0.929. The van der Waals surface area contributed by atoms with Gasteiger partial charge in [0.15, 0.2) is 0 Å². The molecule has 0 aliphatic carbocycles. The van der Waals surface area contributed by atoms with E-state index >= 15 is 0 Å². The maximum absolute atomic E-state index is 12.7. The van der Waals surface area contributed by atoms with Gasteiger partial charge in [-0.2, -0.15) is 13.2 Å². The third-order valence-electron chi connectivity index (χ3n) is 3.10. The van der Waals surface area contributed by atoms with E-state index in [0.717, 1.165) is 12.1 Å². The molecule has 0 spiro atoms. The third kappa shape index (κ3) is 3.86. The SMILES string of the molecule is CC(NS(=O)(=O)c1ccccc1)c1cccc(C(F)(F)F)c1. The third-order valence-corrected chi connectivity index (χ3v) is 4.66. The van der Waals surface area contributed by atoms with Crippen LogP contribution >= 0.6 is 0 Å². The molecule has 0 heterocycles. The number of hydrogen-bond donors (Lipinski definition) is 1. The molecule has 1 N–H and O–H groups in total. The van der Waals surface area contributed by atoms with Gasteiger partial charge in [0, 0.05) is 6.04 Å². The summed E-state index contributed by atoms with van der Waals surface area (Å²) in [6.45, 7) is 1.50. The molecule has 0 saturated carbocycles. The summed E-state index contributed by atoms with van der Waals surface area (Å²) in [5.41, 5.74) is -0.565. The second-order valence-corrected chi connectivity index (χ2v) is 6.49. The van der Waals surface area contributed by atoms with Crippen molar-refractivity contribution in [2.24, 2.45) is 0 Å². The van der Waals surface area contributed by atoms with Crippen molar-refractivity contribution < 1.29 is 21.6 Å². The van der Waals surface area contributed by atoms with Crippen molar-refractivity contribution in [1.82, 2.24) is 4.72 Å². The largest absolute Gasteiger partial charge is 0.416 e. The molecule has 0 aliphatic heterocycles. The van der Waals surface area contributed by atoms with Gasteiger partial charge in [-0.25, -0.2) is 13.1 Å². The number of nitrogens with one attached hydrogen (secondary N) is 1. The summed E-state index contributed by atoms with van der Waals surface area (Å²) >= 11 is 0. The molecule has 0 saturated heterocycles. The zero-order chi connectivity index (χ0) is 16.4. The number of rotatable bonds is 4. The Hall–Kier alpha value is -1.86. The van der Waals surface area contributed by atoms with E-state index in [9.17, 15) is 21.6 Å². The highest BCUT2D eigenvalue weighted by Crippen LogP contribution is 2.31. The lowest BCUT2D eigenvalue weighted by Gasteiger charge is -2.16. The topological polar surface area (TPSA) is 46.2 Å². The number of alkyl halides is 3. The van der Waals surface area contributed by atoms with Crippen molar-refractivity contribution in [2.45, 2.75) is 24.0 Å². The van der Waals surface area contributed by atoms with Crippen LogP contribution in [0.4, 0.5) is 13.2 Å². The molecule has 2 rings (SSSR count). The van der Waals surface area contributed by atoms with Crippen molar-refractivity contribution in [3.05, 3.63) is 65.7 Å². The van der Waals surface area contributed by atoms with Crippen molar-refractivity contribution in [3.8, 4) is 0 Å². The molecular formula is C15H14F3NO2S.